The molecule has 0 spiro atoms. The number of carboxylic acids is 1. The van der Waals surface area contributed by atoms with Crippen LogP contribution < -0.4 is 15.5 Å². The summed E-state index contributed by atoms with van der Waals surface area (Å²) in [6, 6.07) is -1.14. The molecule has 12 heteroatoms. The number of amides is 2. The third-order valence-electron chi connectivity index (χ3n) is 6.23. The number of hydrogen-bond donors (Lipinski definition) is 3. The Hall–Kier alpha value is -2.18. The number of anilines is 1. The van der Waals surface area contributed by atoms with E-state index in [0.717, 1.165) is 12.8 Å². The van der Waals surface area contributed by atoms with Crippen molar-refractivity contribution < 1.29 is 28.7 Å². The Morgan fingerprint density at radius 2 is 1.80 bits per heavy atom. The molecule has 1 aliphatic heterocycles. The highest BCUT2D eigenvalue weighted by molar-refractivity contribution is 7.13. The maximum Gasteiger partial charge on any atom is 0.407 e. The number of rotatable bonds is 8. The van der Waals surface area contributed by atoms with Gasteiger partial charge in [-0.2, -0.15) is 0 Å². The molecule has 0 bridgehead atoms. The molecule has 1 aliphatic rings. The molecule has 198 valence electrons. The summed E-state index contributed by atoms with van der Waals surface area (Å²) < 4.78 is 11.3. The third-order valence-corrected chi connectivity index (χ3v) is 11.6. The number of aliphatic carboxylic acids is 1. The Morgan fingerprint density at radius 3 is 2.31 bits per heavy atom. The van der Waals surface area contributed by atoms with Gasteiger partial charge in [-0.3, -0.25) is 4.79 Å². The van der Waals surface area contributed by atoms with Gasteiger partial charge in [0.05, 0.1) is 6.61 Å². The minimum atomic E-state index is -2.16. The van der Waals surface area contributed by atoms with E-state index in [4.69, 9.17) is 9.16 Å². The number of piperidine rings is 1. The predicted octanol–water partition coefficient (Wildman–Crippen LogP) is 3.84. The zero-order chi connectivity index (χ0) is 26.6. The van der Waals surface area contributed by atoms with Gasteiger partial charge >= 0.3 is 12.1 Å². The number of nitrogens with zero attached hydrogens (tertiary/aromatic N) is 2. The van der Waals surface area contributed by atoms with Gasteiger partial charge in [-0.15, -0.1) is 11.3 Å². The summed E-state index contributed by atoms with van der Waals surface area (Å²) in [6.07, 6.45) is 1.04. The van der Waals surface area contributed by atoms with Gasteiger partial charge in [-0.25, -0.2) is 14.6 Å². The maximum absolute atomic E-state index is 12.7. The first-order valence-electron chi connectivity index (χ1n) is 11.9. The number of alkyl carbamates (subject to hydrolysis) is 1. The summed E-state index contributed by atoms with van der Waals surface area (Å²) in [5, 5.41) is 17.3. The topological polar surface area (TPSA) is 130 Å². The van der Waals surface area contributed by atoms with Crippen molar-refractivity contribution >= 4 is 42.8 Å². The number of nitrogens with one attached hydrogen (secondary N) is 2. The zero-order valence-electron chi connectivity index (χ0n) is 22.1. The molecule has 1 atom stereocenters. The lowest BCUT2D eigenvalue weighted by atomic mass is 10.1. The van der Waals surface area contributed by atoms with Crippen molar-refractivity contribution in [1.29, 1.82) is 0 Å². The molecule has 1 aromatic rings. The van der Waals surface area contributed by atoms with Gasteiger partial charge in [-0.1, -0.05) is 20.8 Å². The van der Waals surface area contributed by atoms with E-state index in [2.05, 4.69) is 41.3 Å². The van der Waals surface area contributed by atoms with Crippen LogP contribution in [0.5, 0.6) is 0 Å². The van der Waals surface area contributed by atoms with E-state index < -0.39 is 37.9 Å². The Labute approximate surface area is 212 Å². The van der Waals surface area contributed by atoms with Gasteiger partial charge in [0.25, 0.3) is 5.91 Å². The molecule has 1 saturated heterocycles. The number of thiazole rings is 1. The van der Waals surface area contributed by atoms with E-state index in [1.807, 2.05) is 33.9 Å². The largest absolute Gasteiger partial charge is 0.480 e. The van der Waals surface area contributed by atoms with Crippen LogP contribution >= 0.6 is 11.3 Å². The average Bonchev–Trinajstić information content (AvgIpc) is 3.19. The highest BCUT2D eigenvalue weighted by atomic mass is 32.1. The van der Waals surface area contributed by atoms with Gasteiger partial charge in [-0.05, 0) is 51.7 Å². The first kappa shape index (κ1) is 29.0. The van der Waals surface area contributed by atoms with E-state index in [-0.39, 0.29) is 23.4 Å². The second-order valence-corrected chi connectivity index (χ2v) is 17.0. The smallest absolute Gasteiger partial charge is 0.407 e. The predicted molar refractivity (Wildman–Crippen MR) is 139 cm³/mol. The molecule has 1 aromatic heterocycles. The quantitative estimate of drug-likeness (QED) is 0.434. The maximum atomic E-state index is 12.7. The molecular weight excluding hydrogens is 488 g/mol. The van der Waals surface area contributed by atoms with Crippen LogP contribution in [-0.4, -0.2) is 73.8 Å². The molecule has 3 N–H and O–H groups in total. The second kappa shape index (κ2) is 11.3. The normalized spacial score (nSPS) is 16.5. The lowest BCUT2D eigenvalue weighted by molar-refractivity contribution is -0.140. The lowest BCUT2D eigenvalue weighted by Crippen LogP contribution is -2.49. The van der Waals surface area contributed by atoms with E-state index in [0.29, 0.717) is 18.2 Å². The number of carbonyl (C=O) groups excluding carboxylic acids is 2. The van der Waals surface area contributed by atoms with Crippen LogP contribution in [0.15, 0.2) is 5.38 Å². The Kier molecular flexibility index (Phi) is 9.34. The van der Waals surface area contributed by atoms with Gasteiger partial charge < -0.3 is 29.8 Å². The highest BCUT2D eigenvalue weighted by Crippen LogP contribution is 2.36. The van der Waals surface area contributed by atoms with Crippen molar-refractivity contribution in [3.05, 3.63) is 11.1 Å². The van der Waals surface area contributed by atoms with Gasteiger partial charge in [0, 0.05) is 24.5 Å². The van der Waals surface area contributed by atoms with E-state index in [1.54, 1.807) is 5.38 Å². The molecule has 2 heterocycles. The number of carbonyl (C=O) groups is 3. The van der Waals surface area contributed by atoms with Crippen LogP contribution in [0.2, 0.25) is 18.1 Å². The van der Waals surface area contributed by atoms with Crippen molar-refractivity contribution in [2.24, 2.45) is 0 Å². The summed E-state index contributed by atoms with van der Waals surface area (Å²) >= 11 is 1.33. The average molecular weight is 529 g/mol. The molecule has 1 fully saturated rings. The zero-order valence-corrected chi connectivity index (χ0v) is 23.9. The molecular formula is C23H40N4O6SSi. The third kappa shape index (κ3) is 8.76. The summed E-state index contributed by atoms with van der Waals surface area (Å²) in [7, 11) is -2.16. The monoisotopic (exact) mass is 528 g/mol. The molecule has 0 saturated carbocycles. The Morgan fingerprint density at radius 1 is 1.20 bits per heavy atom. The summed E-state index contributed by atoms with van der Waals surface area (Å²) in [4.78, 5) is 42.9. The lowest BCUT2D eigenvalue weighted by Gasteiger charge is -2.36. The number of hydrogen-bond acceptors (Lipinski definition) is 8. The van der Waals surface area contributed by atoms with Crippen molar-refractivity contribution in [2.45, 2.75) is 90.2 Å². The van der Waals surface area contributed by atoms with Crippen LogP contribution in [0.3, 0.4) is 0 Å². The number of aromatic nitrogens is 1. The molecule has 2 rings (SSSR count). The van der Waals surface area contributed by atoms with Crippen molar-refractivity contribution in [3.8, 4) is 0 Å². The minimum absolute atomic E-state index is 0.0149. The fourth-order valence-electron chi connectivity index (χ4n) is 3.12. The summed E-state index contributed by atoms with van der Waals surface area (Å²) in [5.41, 5.74) is -0.364. The summed E-state index contributed by atoms with van der Waals surface area (Å²) in [5.74, 6) is -1.69. The van der Waals surface area contributed by atoms with Crippen molar-refractivity contribution in [3.63, 3.8) is 0 Å². The van der Waals surface area contributed by atoms with E-state index >= 15 is 0 Å². The van der Waals surface area contributed by atoms with Crippen molar-refractivity contribution in [1.82, 2.24) is 15.6 Å². The first-order valence-corrected chi connectivity index (χ1v) is 15.6. The van der Waals surface area contributed by atoms with Crippen molar-refractivity contribution in [2.75, 3.05) is 24.6 Å². The highest BCUT2D eigenvalue weighted by Gasteiger charge is 2.38. The fourth-order valence-corrected chi connectivity index (χ4v) is 4.99. The van der Waals surface area contributed by atoms with Crippen LogP contribution in [0.4, 0.5) is 9.93 Å². The van der Waals surface area contributed by atoms with Gasteiger partial charge in [0.1, 0.15) is 17.3 Å². The molecule has 0 aromatic carbocycles. The molecule has 35 heavy (non-hydrogen) atoms. The Bertz CT molecular complexity index is 901. The van der Waals surface area contributed by atoms with Crippen LogP contribution in [0.25, 0.3) is 0 Å². The van der Waals surface area contributed by atoms with Crippen LogP contribution in [-0.2, 0) is 14.0 Å². The van der Waals surface area contributed by atoms with Gasteiger partial charge in [0.15, 0.2) is 13.4 Å². The van der Waals surface area contributed by atoms with E-state index in [1.165, 1.54) is 11.3 Å². The van der Waals surface area contributed by atoms with Crippen LogP contribution in [0, 0.1) is 0 Å². The Balaban J connectivity index is 1.90. The second-order valence-electron chi connectivity index (χ2n) is 11.4. The van der Waals surface area contributed by atoms with E-state index in [9.17, 15) is 19.5 Å². The standard InChI is InChI=1S/C23H40N4O6SSi/c1-22(2,3)33-21(31)24-15-9-11-27(12-10-15)20-26-17(14-34-20)18(28)25-16(19(29)30)13-32-35(7,8)23(4,5)6/h14-16H,9-13H2,1-8H3,(H,24,31)(H,25,28)(H,29,30)/t16-/m0/s1. The first-order chi connectivity index (χ1) is 16.0. The molecule has 2 amide bonds. The van der Waals surface area contributed by atoms with Gasteiger partial charge in [0.2, 0.25) is 0 Å². The minimum Gasteiger partial charge on any atom is -0.480 e. The fraction of sp³-hybridized carbons (Fsp3) is 0.739. The van der Waals surface area contributed by atoms with Crippen LogP contribution in [0.1, 0.15) is 64.9 Å². The molecule has 10 nitrogen and oxygen atoms in total. The number of carboxylic acid groups (broad SMARTS) is 1. The SMILES string of the molecule is CC(C)(C)OC(=O)NC1CCN(c2nc(C(=O)N[C@@H](CO[Si](C)(C)C(C)(C)C)C(=O)O)cs2)CC1. The summed E-state index contributed by atoms with van der Waals surface area (Å²) in [6.45, 7) is 17.0. The molecule has 0 unspecified atom stereocenters. The molecule has 0 radical (unpaired) electrons. The molecule has 0 aliphatic carbocycles. The number of ether oxygens (including phenoxy) is 1.